The molecule has 24 heavy (non-hydrogen) atoms. The number of nitrogens with two attached hydrogens (primary N) is 1. The number of methoxy groups -OCH3 is 1. The summed E-state index contributed by atoms with van der Waals surface area (Å²) in [5.74, 6) is -1.63. The Bertz CT molecular complexity index is 718. The van der Waals surface area contributed by atoms with Crippen LogP contribution in [0.2, 0.25) is 0 Å². The van der Waals surface area contributed by atoms with Gasteiger partial charge in [-0.05, 0) is 22.4 Å². The van der Waals surface area contributed by atoms with E-state index in [1.165, 1.54) is 30.2 Å². The second-order valence-electron chi connectivity index (χ2n) is 5.21. The first kappa shape index (κ1) is 16.8. The van der Waals surface area contributed by atoms with Gasteiger partial charge in [-0.15, -0.1) is 11.8 Å². The van der Waals surface area contributed by atoms with E-state index in [9.17, 15) is 19.5 Å². The molecule has 3 rings (SSSR count). The van der Waals surface area contributed by atoms with Crippen LogP contribution in [0.1, 0.15) is 11.6 Å². The maximum Gasteiger partial charge on any atom is 0.356 e. The van der Waals surface area contributed by atoms with Gasteiger partial charge in [0.1, 0.15) is 23.2 Å². The van der Waals surface area contributed by atoms with Crippen molar-refractivity contribution in [3.63, 3.8) is 0 Å². The second-order valence-corrected chi connectivity index (χ2v) is 7.10. The molecule has 1 saturated heterocycles. The van der Waals surface area contributed by atoms with Crippen LogP contribution in [-0.2, 0) is 19.1 Å². The molecule has 1 aromatic heterocycles. The minimum Gasteiger partial charge on any atom is -0.498 e. The molecule has 4 N–H and O–H groups in total. The van der Waals surface area contributed by atoms with Crippen molar-refractivity contribution < 1.29 is 24.2 Å². The first-order valence-electron chi connectivity index (χ1n) is 6.99. The number of carbonyl (C=O) groups is 3. The van der Waals surface area contributed by atoms with Gasteiger partial charge in [0.25, 0.3) is 5.91 Å². The lowest BCUT2D eigenvalue weighted by Crippen LogP contribution is -2.71. The number of thiophene rings is 1. The Kier molecular flexibility index (Phi) is 4.52. The lowest BCUT2D eigenvalue weighted by Gasteiger charge is -2.49. The maximum absolute atomic E-state index is 12.3. The molecule has 10 heteroatoms. The van der Waals surface area contributed by atoms with Crippen molar-refractivity contribution in [1.82, 2.24) is 10.2 Å². The number of β-lactam (4-membered cyclic amide) rings is 1. The molecular weight excluding hydrogens is 354 g/mol. The van der Waals surface area contributed by atoms with Crippen molar-refractivity contribution in [3.8, 4) is 0 Å². The normalized spacial score (nSPS) is 24.1. The number of hydrogen-bond acceptors (Lipinski definition) is 7. The summed E-state index contributed by atoms with van der Waals surface area (Å²) in [6, 6.07) is 0.0885. The van der Waals surface area contributed by atoms with Crippen LogP contribution in [0, 0.1) is 0 Å². The zero-order valence-electron chi connectivity index (χ0n) is 12.6. The van der Waals surface area contributed by atoms with Crippen molar-refractivity contribution in [3.05, 3.63) is 33.8 Å². The predicted octanol–water partition coefficient (Wildman–Crippen LogP) is 0.0904. The summed E-state index contributed by atoms with van der Waals surface area (Å²) in [6.45, 7) is 0. The van der Waals surface area contributed by atoms with E-state index in [4.69, 9.17) is 10.5 Å². The summed E-state index contributed by atoms with van der Waals surface area (Å²) in [7, 11) is 1.36. The SMILES string of the molecule is COC1=C(C(=O)O)N2C(=O)[C@@H](NC(=O)C(N)c3ccsc3)[C@@H]2SC1. The highest BCUT2D eigenvalue weighted by Crippen LogP contribution is 2.40. The summed E-state index contributed by atoms with van der Waals surface area (Å²) in [5.41, 5.74) is 6.39. The Hall–Kier alpha value is -2.04. The van der Waals surface area contributed by atoms with Gasteiger partial charge in [-0.2, -0.15) is 11.3 Å². The fourth-order valence-corrected chi connectivity index (χ4v) is 4.60. The lowest BCUT2D eigenvalue weighted by molar-refractivity contribution is -0.151. The molecule has 0 radical (unpaired) electrons. The van der Waals surface area contributed by atoms with Gasteiger partial charge in [0, 0.05) is 0 Å². The zero-order valence-corrected chi connectivity index (χ0v) is 14.2. The van der Waals surface area contributed by atoms with E-state index in [1.54, 1.807) is 11.4 Å². The molecular formula is C14H15N3O5S2. The Balaban J connectivity index is 1.73. The smallest absolute Gasteiger partial charge is 0.356 e. The van der Waals surface area contributed by atoms with Crippen LogP contribution in [-0.4, -0.2) is 52.1 Å². The molecule has 0 spiro atoms. The molecule has 0 aromatic carbocycles. The van der Waals surface area contributed by atoms with E-state index in [2.05, 4.69) is 5.32 Å². The van der Waals surface area contributed by atoms with E-state index in [-0.39, 0.29) is 11.5 Å². The summed E-state index contributed by atoms with van der Waals surface area (Å²) < 4.78 is 5.05. The van der Waals surface area contributed by atoms with Gasteiger partial charge in [-0.3, -0.25) is 14.5 Å². The van der Waals surface area contributed by atoms with Gasteiger partial charge < -0.3 is 20.9 Å². The highest BCUT2D eigenvalue weighted by molar-refractivity contribution is 8.00. The van der Waals surface area contributed by atoms with Crippen LogP contribution < -0.4 is 11.1 Å². The maximum atomic E-state index is 12.3. The first-order chi connectivity index (χ1) is 11.5. The summed E-state index contributed by atoms with van der Waals surface area (Å²) >= 11 is 2.76. The van der Waals surface area contributed by atoms with Crippen molar-refractivity contribution in [2.45, 2.75) is 17.5 Å². The number of nitrogens with zero attached hydrogens (tertiary/aromatic N) is 1. The Labute approximate surface area is 145 Å². The summed E-state index contributed by atoms with van der Waals surface area (Å²) in [6.07, 6.45) is 0. The molecule has 2 amide bonds. The molecule has 2 aliphatic rings. The number of carboxylic acid groups (broad SMARTS) is 1. The molecule has 0 aliphatic carbocycles. The number of rotatable bonds is 5. The van der Waals surface area contributed by atoms with Crippen LogP contribution in [0.5, 0.6) is 0 Å². The number of thioether (sulfide) groups is 1. The number of nitrogens with one attached hydrogen (secondary N) is 1. The molecule has 0 saturated carbocycles. The molecule has 2 aliphatic heterocycles. The Morgan fingerprint density at radius 2 is 2.29 bits per heavy atom. The lowest BCUT2D eigenvalue weighted by atomic mass is 10.0. The van der Waals surface area contributed by atoms with Gasteiger partial charge in [0.2, 0.25) is 5.91 Å². The number of carboxylic acids is 1. The third-order valence-electron chi connectivity index (χ3n) is 3.86. The predicted molar refractivity (Wildman–Crippen MR) is 87.9 cm³/mol. The van der Waals surface area contributed by atoms with Gasteiger partial charge in [0.15, 0.2) is 5.70 Å². The fourth-order valence-electron chi connectivity index (χ4n) is 2.59. The molecule has 1 unspecified atom stereocenters. The number of fused-ring (bicyclic) bond motifs is 1. The molecule has 3 heterocycles. The standard InChI is InChI=1S/C14H15N3O5S2/c1-22-7-5-24-13-9(12(19)17(13)10(7)14(20)21)16-11(18)8(15)6-2-3-23-4-6/h2-4,8-9,13H,5,15H2,1H3,(H,16,18)(H,20,21)/t8?,9-,13+/m1/s1. The minimum atomic E-state index is -1.23. The van der Waals surface area contributed by atoms with E-state index in [0.29, 0.717) is 11.3 Å². The Morgan fingerprint density at radius 3 is 2.88 bits per heavy atom. The quantitative estimate of drug-likeness (QED) is 0.629. The highest BCUT2D eigenvalue weighted by atomic mass is 32.2. The monoisotopic (exact) mass is 369 g/mol. The molecule has 128 valence electrons. The van der Waals surface area contributed by atoms with E-state index >= 15 is 0 Å². The van der Waals surface area contributed by atoms with Crippen molar-refractivity contribution in [2.24, 2.45) is 5.73 Å². The third-order valence-corrected chi connectivity index (χ3v) is 5.82. The largest absolute Gasteiger partial charge is 0.498 e. The molecule has 0 bridgehead atoms. The number of amides is 2. The van der Waals surface area contributed by atoms with Gasteiger partial charge in [-0.25, -0.2) is 4.79 Å². The number of hydrogen-bond donors (Lipinski definition) is 3. The average Bonchev–Trinajstić information content (AvgIpc) is 3.11. The number of aliphatic carboxylic acids is 1. The molecule has 3 atom stereocenters. The summed E-state index contributed by atoms with van der Waals surface area (Å²) in [4.78, 5) is 37.1. The highest BCUT2D eigenvalue weighted by Gasteiger charge is 2.54. The molecule has 8 nitrogen and oxygen atoms in total. The van der Waals surface area contributed by atoms with E-state index < -0.39 is 35.2 Å². The average molecular weight is 369 g/mol. The van der Waals surface area contributed by atoms with Crippen molar-refractivity contribution in [2.75, 3.05) is 12.9 Å². The van der Waals surface area contributed by atoms with E-state index in [0.717, 1.165) is 4.90 Å². The minimum absolute atomic E-state index is 0.168. The van der Waals surface area contributed by atoms with Gasteiger partial charge in [-0.1, -0.05) is 0 Å². The Morgan fingerprint density at radius 1 is 1.54 bits per heavy atom. The van der Waals surface area contributed by atoms with Crippen LogP contribution in [0.15, 0.2) is 28.3 Å². The van der Waals surface area contributed by atoms with Crippen LogP contribution in [0.3, 0.4) is 0 Å². The van der Waals surface area contributed by atoms with Crippen LogP contribution in [0.4, 0.5) is 0 Å². The van der Waals surface area contributed by atoms with Crippen molar-refractivity contribution >= 4 is 40.9 Å². The molecule has 1 fully saturated rings. The number of carbonyl (C=O) groups excluding carboxylic acids is 2. The van der Waals surface area contributed by atoms with Gasteiger partial charge in [0.05, 0.1) is 12.9 Å². The second kappa shape index (κ2) is 6.46. The zero-order chi connectivity index (χ0) is 17.4. The first-order valence-corrected chi connectivity index (χ1v) is 8.98. The molecule has 1 aromatic rings. The van der Waals surface area contributed by atoms with Gasteiger partial charge >= 0.3 is 5.97 Å². The summed E-state index contributed by atoms with van der Waals surface area (Å²) in [5, 5.41) is 15.0. The van der Waals surface area contributed by atoms with E-state index in [1.807, 2.05) is 5.38 Å². The number of ether oxygens (including phenoxy) is 1. The van der Waals surface area contributed by atoms with Crippen LogP contribution >= 0.6 is 23.1 Å². The third kappa shape index (κ3) is 2.66. The van der Waals surface area contributed by atoms with Crippen LogP contribution in [0.25, 0.3) is 0 Å². The van der Waals surface area contributed by atoms with Crippen molar-refractivity contribution in [1.29, 1.82) is 0 Å². The fraction of sp³-hybridized carbons (Fsp3) is 0.357. The topological polar surface area (TPSA) is 122 Å².